The first-order valence-electron chi connectivity index (χ1n) is 10.9. The molecule has 2 atom stereocenters. The molecule has 0 radical (unpaired) electrons. The number of H-pyrrole nitrogens is 1. The lowest BCUT2D eigenvalue weighted by molar-refractivity contribution is -0.132. The van der Waals surface area contributed by atoms with Gasteiger partial charge in [0.15, 0.2) is 0 Å². The largest absolute Gasteiger partial charge is 0.342 e. The molecule has 0 aromatic carbocycles. The zero-order valence-electron chi connectivity index (χ0n) is 17.8. The van der Waals surface area contributed by atoms with Crippen LogP contribution in [-0.2, 0) is 4.79 Å². The molecule has 2 bridgehead atoms. The first kappa shape index (κ1) is 18.3. The molecule has 2 fully saturated rings. The average molecular weight is 440 g/mol. The van der Waals surface area contributed by atoms with Gasteiger partial charge in [-0.05, 0) is 25.0 Å². The summed E-state index contributed by atoms with van der Waals surface area (Å²) >= 11 is 0. The van der Waals surface area contributed by atoms with Crippen molar-refractivity contribution in [1.82, 2.24) is 44.2 Å². The summed E-state index contributed by atoms with van der Waals surface area (Å²) in [7, 11) is 1.87. The van der Waals surface area contributed by atoms with Gasteiger partial charge in [-0.1, -0.05) is 0 Å². The van der Waals surface area contributed by atoms with Gasteiger partial charge >= 0.3 is 0 Å². The molecule has 33 heavy (non-hydrogen) atoms. The van der Waals surface area contributed by atoms with Crippen LogP contribution in [0.4, 0.5) is 5.95 Å². The van der Waals surface area contributed by atoms with Crippen molar-refractivity contribution >= 4 is 28.5 Å². The second-order valence-corrected chi connectivity index (χ2v) is 8.63. The number of imidazole rings is 1. The van der Waals surface area contributed by atoms with Crippen molar-refractivity contribution in [3.05, 3.63) is 49.3 Å². The number of pyridine rings is 1. The zero-order chi connectivity index (χ0) is 22.1. The standard InChI is InChI=1S/C22H20N10O/c1-29-11-15-2-4-17(21(29)33)32(15)22-24-9-16-20(26-22)19(28-27-16)13-8-25-31(10-13)14-3-5-18-23-6-7-30(18)12-14/h3,5-10,12,15,17H,2,4,11H2,1H3,(H,27,28). The fraction of sp³-hybridized carbons (Fsp3) is 0.273. The third-order valence-electron chi connectivity index (χ3n) is 6.66. The summed E-state index contributed by atoms with van der Waals surface area (Å²) in [5.41, 5.74) is 4.80. The summed E-state index contributed by atoms with van der Waals surface area (Å²) in [6.45, 7) is 0.697. The molecule has 7 rings (SSSR count). The van der Waals surface area contributed by atoms with E-state index in [1.54, 1.807) is 23.3 Å². The van der Waals surface area contributed by atoms with Crippen LogP contribution in [0, 0.1) is 0 Å². The second kappa shape index (κ2) is 6.61. The highest BCUT2D eigenvalue weighted by Crippen LogP contribution is 2.34. The summed E-state index contributed by atoms with van der Waals surface area (Å²) in [5.74, 6) is 0.716. The molecule has 2 unspecified atom stereocenters. The van der Waals surface area contributed by atoms with Crippen LogP contribution in [0.1, 0.15) is 12.8 Å². The Morgan fingerprint density at radius 2 is 2.06 bits per heavy atom. The number of hydrogen-bond donors (Lipinski definition) is 1. The Morgan fingerprint density at radius 1 is 1.12 bits per heavy atom. The van der Waals surface area contributed by atoms with Gasteiger partial charge in [0.05, 0.1) is 24.1 Å². The number of amides is 1. The maximum absolute atomic E-state index is 12.7. The Morgan fingerprint density at radius 3 is 3.00 bits per heavy atom. The molecule has 0 spiro atoms. The van der Waals surface area contributed by atoms with Gasteiger partial charge in [-0.25, -0.2) is 19.6 Å². The van der Waals surface area contributed by atoms with Crippen LogP contribution in [0.3, 0.4) is 0 Å². The molecule has 0 saturated carbocycles. The lowest BCUT2D eigenvalue weighted by atomic mass is 10.2. The van der Waals surface area contributed by atoms with E-state index in [2.05, 4.69) is 30.2 Å². The second-order valence-electron chi connectivity index (χ2n) is 8.63. The number of carbonyl (C=O) groups excluding carboxylic acids is 1. The van der Waals surface area contributed by atoms with Crippen LogP contribution >= 0.6 is 0 Å². The highest BCUT2D eigenvalue weighted by atomic mass is 16.2. The Kier molecular flexibility index (Phi) is 3.67. The van der Waals surface area contributed by atoms with E-state index in [0.717, 1.165) is 40.8 Å². The maximum atomic E-state index is 12.7. The van der Waals surface area contributed by atoms with Crippen molar-refractivity contribution in [2.45, 2.75) is 24.9 Å². The van der Waals surface area contributed by atoms with Crippen LogP contribution in [0.15, 0.2) is 49.3 Å². The van der Waals surface area contributed by atoms with Gasteiger partial charge in [-0.15, -0.1) is 0 Å². The predicted molar refractivity (Wildman–Crippen MR) is 120 cm³/mol. The topological polar surface area (TPSA) is 113 Å². The third-order valence-corrected chi connectivity index (χ3v) is 6.66. The van der Waals surface area contributed by atoms with Gasteiger partial charge in [0.2, 0.25) is 11.9 Å². The molecule has 2 aliphatic rings. The smallest absolute Gasteiger partial charge is 0.245 e. The van der Waals surface area contributed by atoms with Gasteiger partial charge in [-0.2, -0.15) is 10.2 Å². The Balaban J connectivity index is 1.27. The maximum Gasteiger partial charge on any atom is 0.245 e. The van der Waals surface area contributed by atoms with Crippen molar-refractivity contribution in [3.63, 3.8) is 0 Å². The van der Waals surface area contributed by atoms with Crippen LogP contribution in [0.2, 0.25) is 0 Å². The van der Waals surface area contributed by atoms with Crippen molar-refractivity contribution < 1.29 is 4.79 Å². The fourth-order valence-electron chi connectivity index (χ4n) is 5.03. The van der Waals surface area contributed by atoms with Crippen LogP contribution in [0.5, 0.6) is 0 Å². The number of rotatable bonds is 3. The minimum Gasteiger partial charge on any atom is -0.342 e. The Labute approximate surface area is 187 Å². The number of fused-ring (bicyclic) bond motifs is 4. The molecule has 5 aromatic rings. The quantitative estimate of drug-likeness (QED) is 0.454. The van der Waals surface area contributed by atoms with Crippen molar-refractivity contribution in [2.75, 3.05) is 18.5 Å². The Bertz CT molecular complexity index is 1530. The summed E-state index contributed by atoms with van der Waals surface area (Å²) in [5, 5.41) is 12.0. The molecule has 2 saturated heterocycles. The number of nitrogens with one attached hydrogen (secondary N) is 1. The summed E-state index contributed by atoms with van der Waals surface area (Å²) in [4.78, 5) is 30.3. The van der Waals surface area contributed by atoms with E-state index >= 15 is 0 Å². The third kappa shape index (κ3) is 2.68. The number of likely N-dealkylation sites (tertiary alicyclic amines) is 1. The van der Waals surface area contributed by atoms with Crippen LogP contribution < -0.4 is 4.90 Å². The van der Waals surface area contributed by atoms with Crippen molar-refractivity contribution in [1.29, 1.82) is 0 Å². The summed E-state index contributed by atoms with van der Waals surface area (Å²) in [6.07, 6.45) is 12.9. The van der Waals surface area contributed by atoms with Crippen molar-refractivity contribution in [2.24, 2.45) is 0 Å². The number of carbonyl (C=O) groups is 1. The van der Waals surface area contributed by atoms with Crippen molar-refractivity contribution in [3.8, 4) is 16.9 Å². The fourth-order valence-corrected chi connectivity index (χ4v) is 5.03. The van der Waals surface area contributed by atoms with Crippen LogP contribution in [-0.4, -0.2) is 75.8 Å². The number of piperazine rings is 1. The number of likely N-dealkylation sites (N-methyl/N-ethyl adjacent to an activating group) is 1. The highest BCUT2D eigenvalue weighted by molar-refractivity contribution is 5.91. The van der Waals surface area contributed by atoms with E-state index in [9.17, 15) is 4.79 Å². The van der Waals surface area contributed by atoms with E-state index in [-0.39, 0.29) is 18.0 Å². The van der Waals surface area contributed by atoms with E-state index in [1.165, 1.54) is 0 Å². The molecule has 5 aromatic heterocycles. The minimum absolute atomic E-state index is 0.135. The number of nitrogens with zero attached hydrogens (tertiary/aromatic N) is 9. The predicted octanol–water partition coefficient (Wildman–Crippen LogP) is 1.66. The normalized spacial score (nSPS) is 20.5. The molecule has 1 amide bonds. The molecule has 11 nitrogen and oxygen atoms in total. The van der Waals surface area contributed by atoms with Gasteiger partial charge < -0.3 is 14.2 Å². The minimum atomic E-state index is -0.192. The first-order chi connectivity index (χ1) is 16.2. The average Bonchev–Trinajstić information content (AvgIpc) is 3.61. The lowest BCUT2D eigenvalue weighted by Crippen LogP contribution is -2.56. The van der Waals surface area contributed by atoms with Gasteiger partial charge in [-0.3, -0.25) is 9.89 Å². The lowest BCUT2D eigenvalue weighted by Gasteiger charge is -2.38. The SMILES string of the molecule is CN1CC2CCC(C1=O)N2c1ncc2[nH]nc(-c3cnn(-c4ccc5nccn5c4)c3)c2n1. The molecule has 2 aliphatic heterocycles. The number of anilines is 1. The van der Waals surface area contributed by atoms with E-state index in [0.29, 0.717) is 18.2 Å². The summed E-state index contributed by atoms with van der Waals surface area (Å²) in [6, 6.07) is 3.97. The molecular weight excluding hydrogens is 420 g/mol. The van der Waals surface area contributed by atoms with E-state index in [1.807, 2.05) is 47.1 Å². The van der Waals surface area contributed by atoms with E-state index < -0.39 is 0 Å². The molecule has 11 heteroatoms. The first-order valence-corrected chi connectivity index (χ1v) is 10.9. The highest BCUT2D eigenvalue weighted by Gasteiger charge is 2.45. The molecular formula is C22H20N10O. The number of aromatic amines is 1. The monoisotopic (exact) mass is 440 g/mol. The van der Waals surface area contributed by atoms with Gasteiger partial charge in [0.1, 0.15) is 28.4 Å². The van der Waals surface area contributed by atoms with E-state index in [4.69, 9.17) is 4.98 Å². The number of hydrogen-bond acceptors (Lipinski definition) is 7. The van der Waals surface area contributed by atoms with Gasteiger partial charge in [0.25, 0.3) is 0 Å². The molecule has 7 heterocycles. The zero-order valence-corrected chi connectivity index (χ0v) is 17.8. The summed E-state index contributed by atoms with van der Waals surface area (Å²) < 4.78 is 3.75. The molecule has 0 aliphatic carbocycles. The van der Waals surface area contributed by atoms with Gasteiger partial charge in [0, 0.05) is 43.9 Å². The number of aromatic nitrogens is 8. The molecule has 1 N–H and O–H groups in total. The van der Waals surface area contributed by atoms with Crippen LogP contribution in [0.25, 0.3) is 33.6 Å². The molecule has 164 valence electrons. The Hall–Kier alpha value is -4.28.